The lowest BCUT2D eigenvalue weighted by molar-refractivity contribution is 0.0914. The van der Waals surface area contributed by atoms with E-state index in [2.05, 4.69) is 34.4 Å². The first-order valence-electron chi connectivity index (χ1n) is 8.86. The molecule has 2 saturated heterocycles. The van der Waals surface area contributed by atoms with Crippen molar-refractivity contribution in [2.24, 2.45) is 11.8 Å². The summed E-state index contributed by atoms with van der Waals surface area (Å²) in [5.74, 6) is 2.26. The summed E-state index contributed by atoms with van der Waals surface area (Å²) in [6.45, 7) is 8.55. The maximum atomic E-state index is 12.4. The molecule has 2 fully saturated rings. The number of anilines is 1. The van der Waals surface area contributed by atoms with Crippen molar-refractivity contribution in [2.75, 3.05) is 31.1 Å². The van der Waals surface area contributed by atoms with Gasteiger partial charge in [0, 0.05) is 25.3 Å². The second-order valence-corrected chi connectivity index (χ2v) is 7.12. The molecule has 2 aliphatic rings. The first-order valence-corrected chi connectivity index (χ1v) is 8.86. The zero-order valence-electron chi connectivity index (χ0n) is 14.2. The number of nitrogens with one attached hydrogen (secondary N) is 2. The number of piperidine rings is 2. The molecule has 5 nitrogen and oxygen atoms in total. The Labute approximate surface area is 138 Å². The van der Waals surface area contributed by atoms with Crippen molar-refractivity contribution in [1.82, 2.24) is 15.6 Å². The molecule has 3 rings (SSSR count). The van der Waals surface area contributed by atoms with Gasteiger partial charge < -0.3 is 15.5 Å². The van der Waals surface area contributed by atoms with Crippen LogP contribution in [0.4, 0.5) is 5.82 Å². The van der Waals surface area contributed by atoms with Crippen LogP contribution in [0.25, 0.3) is 0 Å². The van der Waals surface area contributed by atoms with E-state index >= 15 is 0 Å². The second-order valence-electron chi connectivity index (χ2n) is 7.12. The lowest BCUT2D eigenvalue weighted by atomic mass is 9.95. The Hall–Kier alpha value is -1.62. The van der Waals surface area contributed by atoms with Crippen LogP contribution < -0.4 is 15.5 Å². The Bertz CT molecular complexity index is 522. The molecular formula is C18H28N4O. The van der Waals surface area contributed by atoms with E-state index in [0.717, 1.165) is 44.3 Å². The molecule has 0 aliphatic carbocycles. The highest BCUT2D eigenvalue weighted by Crippen LogP contribution is 2.21. The summed E-state index contributed by atoms with van der Waals surface area (Å²) in [5, 5.41) is 6.51. The Morgan fingerprint density at radius 3 is 2.70 bits per heavy atom. The van der Waals surface area contributed by atoms with Gasteiger partial charge in [-0.15, -0.1) is 0 Å². The van der Waals surface area contributed by atoms with Crippen molar-refractivity contribution >= 4 is 11.7 Å². The Balaban J connectivity index is 1.59. The Morgan fingerprint density at radius 2 is 2.04 bits per heavy atom. The third kappa shape index (κ3) is 4.02. The van der Waals surface area contributed by atoms with Crippen LogP contribution in [0.5, 0.6) is 0 Å². The van der Waals surface area contributed by atoms with Crippen molar-refractivity contribution in [3.8, 4) is 0 Å². The molecule has 3 heterocycles. The molecule has 0 bridgehead atoms. The van der Waals surface area contributed by atoms with Crippen LogP contribution in [0.2, 0.25) is 0 Å². The van der Waals surface area contributed by atoms with Crippen molar-refractivity contribution < 1.29 is 4.79 Å². The lowest BCUT2D eigenvalue weighted by Crippen LogP contribution is -2.48. The van der Waals surface area contributed by atoms with Crippen LogP contribution in [0.15, 0.2) is 18.3 Å². The minimum Gasteiger partial charge on any atom is -0.357 e. The van der Waals surface area contributed by atoms with Crippen LogP contribution in [-0.4, -0.2) is 43.1 Å². The molecule has 1 aromatic rings. The number of rotatable bonds is 3. The van der Waals surface area contributed by atoms with E-state index in [0.29, 0.717) is 11.5 Å². The number of nitrogens with zero attached hydrogens (tertiary/aromatic N) is 2. The zero-order chi connectivity index (χ0) is 16.2. The molecule has 126 valence electrons. The van der Waals surface area contributed by atoms with Crippen molar-refractivity contribution in [3.05, 3.63) is 23.9 Å². The average Bonchev–Trinajstić information content (AvgIpc) is 2.58. The summed E-state index contributed by atoms with van der Waals surface area (Å²) in [7, 11) is 0. The van der Waals surface area contributed by atoms with Crippen molar-refractivity contribution in [3.63, 3.8) is 0 Å². The van der Waals surface area contributed by atoms with Crippen molar-refractivity contribution in [1.29, 1.82) is 0 Å². The number of aromatic nitrogens is 1. The van der Waals surface area contributed by atoms with Crippen LogP contribution in [0.3, 0.4) is 0 Å². The average molecular weight is 316 g/mol. The fourth-order valence-electron chi connectivity index (χ4n) is 3.43. The second kappa shape index (κ2) is 7.30. The van der Waals surface area contributed by atoms with E-state index in [4.69, 9.17) is 0 Å². The van der Waals surface area contributed by atoms with E-state index < -0.39 is 0 Å². The largest absolute Gasteiger partial charge is 0.357 e. The lowest BCUT2D eigenvalue weighted by Gasteiger charge is -2.31. The Kier molecular flexibility index (Phi) is 5.16. The van der Waals surface area contributed by atoms with Gasteiger partial charge in [0.05, 0.1) is 5.56 Å². The van der Waals surface area contributed by atoms with Crippen LogP contribution in [0.1, 0.15) is 43.5 Å². The summed E-state index contributed by atoms with van der Waals surface area (Å²) in [6, 6.07) is 4.14. The van der Waals surface area contributed by atoms with Gasteiger partial charge in [-0.25, -0.2) is 4.98 Å². The fraction of sp³-hybridized carbons (Fsp3) is 0.667. The highest BCUT2D eigenvalue weighted by atomic mass is 16.1. The molecule has 0 radical (unpaired) electrons. The number of amides is 1. The quantitative estimate of drug-likeness (QED) is 0.896. The molecule has 2 atom stereocenters. The number of hydrogen-bond donors (Lipinski definition) is 2. The van der Waals surface area contributed by atoms with Crippen LogP contribution in [-0.2, 0) is 0 Å². The van der Waals surface area contributed by atoms with Gasteiger partial charge in [0.15, 0.2) is 0 Å². The van der Waals surface area contributed by atoms with E-state index in [1.165, 1.54) is 12.8 Å². The molecule has 0 saturated carbocycles. The summed E-state index contributed by atoms with van der Waals surface area (Å²) < 4.78 is 0. The third-order valence-electron chi connectivity index (χ3n) is 5.22. The molecule has 2 unspecified atom stereocenters. The molecule has 0 spiro atoms. The number of pyridine rings is 1. The van der Waals surface area contributed by atoms with Gasteiger partial charge in [-0.2, -0.15) is 0 Å². The summed E-state index contributed by atoms with van der Waals surface area (Å²) in [5.41, 5.74) is 0.657. The minimum absolute atomic E-state index is 0.00457. The SMILES string of the molecule is CC1CCN(c2ccc(C(=O)NC3CCNCC3C)cn2)CC1. The Morgan fingerprint density at radius 1 is 1.26 bits per heavy atom. The smallest absolute Gasteiger partial charge is 0.253 e. The normalized spacial score (nSPS) is 26.1. The molecule has 23 heavy (non-hydrogen) atoms. The standard InChI is InChI=1S/C18H28N4O/c1-13-6-9-22(10-7-13)17-4-3-15(12-20-17)18(23)21-16-5-8-19-11-14(16)2/h3-4,12-14,16,19H,5-11H2,1-2H3,(H,21,23). The van der Waals surface area contributed by atoms with Gasteiger partial charge in [-0.05, 0) is 56.3 Å². The number of hydrogen-bond acceptors (Lipinski definition) is 4. The molecule has 2 aliphatic heterocycles. The maximum absolute atomic E-state index is 12.4. The molecule has 0 aromatic carbocycles. The predicted octanol–water partition coefficient (Wildman–Crippen LogP) is 2.05. The molecular weight excluding hydrogens is 288 g/mol. The summed E-state index contributed by atoms with van der Waals surface area (Å²) >= 11 is 0. The van der Waals surface area contributed by atoms with E-state index in [-0.39, 0.29) is 11.9 Å². The highest BCUT2D eigenvalue weighted by Gasteiger charge is 2.23. The maximum Gasteiger partial charge on any atom is 0.253 e. The van der Waals surface area contributed by atoms with Gasteiger partial charge in [0.25, 0.3) is 5.91 Å². The third-order valence-corrected chi connectivity index (χ3v) is 5.22. The zero-order valence-corrected chi connectivity index (χ0v) is 14.2. The predicted molar refractivity (Wildman–Crippen MR) is 92.8 cm³/mol. The van der Waals surface area contributed by atoms with Gasteiger partial charge in [-0.3, -0.25) is 4.79 Å². The van der Waals surface area contributed by atoms with E-state index in [1.54, 1.807) is 6.20 Å². The number of carbonyl (C=O) groups is 1. The summed E-state index contributed by atoms with van der Waals surface area (Å²) in [6.07, 6.45) is 5.15. The van der Waals surface area contributed by atoms with E-state index in [9.17, 15) is 4.79 Å². The van der Waals surface area contributed by atoms with Gasteiger partial charge in [0.2, 0.25) is 0 Å². The monoisotopic (exact) mass is 316 g/mol. The van der Waals surface area contributed by atoms with Crippen LogP contribution >= 0.6 is 0 Å². The highest BCUT2D eigenvalue weighted by molar-refractivity contribution is 5.94. The van der Waals surface area contributed by atoms with E-state index in [1.807, 2.05) is 12.1 Å². The minimum atomic E-state index is -0.00457. The first kappa shape index (κ1) is 16.2. The fourth-order valence-corrected chi connectivity index (χ4v) is 3.43. The molecule has 1 aromatic heterocycles. The molecule has 2 N–H and O–H groups in total. The van der Waals surface area contributed by atoms with Gasteiger partial charge in [-0.1, -0.05) is 13.8 Å². The number of carbonyl (C=O) groups excluding carboxylic acids is 1. The molecule has 1 amide bonds. The summed E-state index contributed by atoms with van der Waals surface area (Å²) in [4.78, 5) is 19.2. The van der Waals surface area contributed by atoms with Gasteiger partial charge >= 0.3 is 0 Å². The van der Waals surface area contributed by atoms with Crippen molar-refractivity contribution in [2.45, 2.75) is 39.2 Å². The van der Waals surface area contributed by atoms with Gasteiger partial charge in [0.1, 0.15) is 5.82 Å². The topological polar surface area (TPSA) is 57.3 Å². The van der Waals surface area contributed by atoms with Crippen LogP contribution in [0, 0.1) is 11.8 Å². The molecule has 5 heteroatoms. The first-order chi connectivity index (χ1) is 11.1.